The molecule has 0 spiro atoms. The molecule has 0 bridgehead atoms. The normalized spacial score (nSPS) is 13.6. The van der Waals surface area contributed by atoms with E-state index in [2.05, 4.69) is 51.8 Å². The van der Waals surface area contributed by atoms with Crippen molar-refractivity contribution in [2.75, 3.05) is 26.1 Å². The van der Waals surface area contributed by atoms with Crippen molar-refractivity contribution in [1.29, 1.82) is 0 Å². The van der Waals surface area contributed by atoms with E-state index < -0.39 is 11.6 Å². The van der Waals surface area contributed by atoms with Crippen LogP contribution < -0.4 is 36.5 Å². The van der Waals surface area contributed by atoms with E-state index >= 15 is 4.39 Å². The molecule has 2 aromatic heterocycles. The third-order valence-corrected chi connectivity index (χ3v) is 7.24. The summed E-state index contributed by atoms with van der Waals surface area (Å²) in [4.78, 5) is 2.07. The van der Waals surface area contributed by atoms with Crippen LogP contribution in [0.1, 0.15) is 24.0 Å². The molecule has 190 valence electrons. The average molecular weight is 564 g/mol. The van der Waals surface area contributed by atoms with Crippen LogP contribution in [0, 0.1) is 11.6 Å². The number of halogens is 3. The van der Waals surface area contributed by atoms with Gasteiger partial charge in [0.2, 0.25) is 11.3 Å². The van der Waals surface area contributed by atoms with Crippen LogP contribution in [0.15, 0.2) is 60.7 Å². The number of hydrogen-bond donors (Lipinski definition) is 0. The van der Waals surface area contributed by atoms with Crippen molar-refractivity contribution in [2.45, 2.75) is 25.8 Å². The first-order valence-electron chi connectivity index (χ1n) is 12.3. The molecule has 0 amide bonds. The Labute approximate surface area is 225 Å². The molecular formula is C30H28BrF2N3O. The molecule has 7 heteroatoms. The van der Waals surface area contributed by atoms with Gasteiger partial charge in [0.1, 0.15) is 11.1 Å². The quantitative estimate of drug-likeness (QED) is 0.313. The highest BCUT2D eigenvalue weighted by molar-refractivity contribution is 5.84. The highest BCUT2D eigenvalue weighted by atomic mass is 79.9. The zero-order valence-corrected chi connectivity index (χ0v) is 22.6. The maximum absolute atomic E-state index is 15.2. The number of methoxy groups -OCH3 is 1. The van der Waals surface area contributed by atoms with Crippen molar-refractivity contribution in [2.24, 2.45) is 0 Å². The second-order valence-corrected chi connectivity index (χ2v) is 9.59. The third-order valence-electron chi connectivity index (χ3n) is 7.24. The molecule has 5 aromatic rings. The number of nitrogens with zero attached hydrogens (tertiary/aromatic N) is 3. The fourth-order valence-electron chi connectivity index (χ4n) is 5.50. The van der Waals surface area contributed by atoms with Crippen LogP contribution in [-0.2, 0) is 13.0 Å². The molecule has 0 aliphatic carbocycles. The monoisotopic (exact) mass is 563 g/mol. The Hall–Kier alpha value is -3.45. The van der Waals surface area contributed by atoms with E-state index in [9.17, 15) is 4.39 Å². The summed E-state index contributed by atoms with van der Waals surface area (Å²) in [5, 5.41) is 0.972. The van der Waals surface area contributed by atoms with Gasteiger partial charge in [0.25, 0.3) is 5.65 Å². The molecule has 0 unspecified atom stereocenters. The van der Waals surface area contributed by atoms with E-state index in [4.69, 9.17) is 4.74 Å². The average Bonchev–Trinajstić information content (AvgIpc) is 3.27. The first kappa shape index (κ1) is 25.2. The van der Waals surface area contributed by atoms with Gasteiger partial charge in [0.05, 0.1) is 19.2 Å². The molecule has 3 aromatic carbocycles. The Morgan fingerprint density at radius 3 is 2.35 bits per heavy atom. The van der Waals surface area contributed by atoms with Crippen molar-refractivity contribution in [3.63, 3.8) is 0 Å². The maximum atomic E-state index is 15.2. The van der Waals surface area contributed by atoms with Crippen molar-refractivity contribution in [3.8, 4) is 16.9 Å². The number of ether oxygens (including phenoxy) is 1. The van der Waals surface area contributed by atoms with E-state index in [1.54, 1.807) is 13.2 Å². The Bertz CT molecular complexity index is 1660. The van der Waals surface area contributed by atoms with Gasteiger partial charge in [-0.05, 0) is 72.9 Å². The molecule has 1 aliphatic heterocycles. The molecule has 0 saturated heterocycles. The Kier molecular flexibility index (Phi) is 6.67. The van der Waals surface area contributed by atoms with Crippen LogP contribution >= 0.6 is 0 Å². The zero-order valence-electron chi connectivity index (χ0n) is 21.1. The Morgan fingerprint density at radius 2 is 1.68 bits per heavy atom. The fraction of sp³-hybridized carbons (Fsp3) is 0.233. The number of hydrogen-bond acceptors (Lipinski definition) is 2. The molecule has 0 radical (unpaired) electrons. The summed E-state index contributed by atoms with van der Waals surface area (Å²) in [6.07, 6.45) is 4.93. The number of aryl methyl sites for hydroxylation is 2. The van der Waals surface area contributed by atoms with Gasteiger partial charge in [-0.25, -0.2) is 8.96 Å². The highest BCUT2D eigenvalue weighted by Gasteiger charge is 2.33. The molecule has 0 saturated carbocycles. The fourth-order valence-corrected chi connectivity index (χ4v) is 5.50. The van der Waals surface area contributed by atoms with Gasteiger partial charge >= 0.3 is 0 Å². The number of benzene rings is 3. The molecule has 0 fully saturated rings. The van der Waals surface area contributed by atoms with Crippen molar-refractivity contribution >= 4 is 28.4 Å². The molecule has 4 nitrogen and oxygen atoms in total. The molecule has 3 heterocycles. The molecule has 37 heavy (non-hydrogen) atoms. The van der Waals surface area contributed by atoms with Crippen LogP contribution in [-0.4, -0.2) is 25.6 Å². The first-order chi connectivity index (χ1) is 17.5. The maximum Gasteiger partial charge on any atom is 0.291 e. The summed E-state index contributed by atoms with van der Waals surface area (Å²) in [6.45, 7) is 0.656. The Morgan fingerprint density at radius 1 is 0.946 bits per heavy atom. The van der Waals surface area contributed by atoms with Crippen molar-refractivity contribution in [1.82, 2.24) is 4.40 Å². The summed E-state index contributed by atoms with van der Waals surface area (Å²) in [5.41, 5.74) is 7.52. The van der Waals surface area contributed by atoms with Crippen LogP contribution in [0.2, 0.25) is 0 Å². The lowest BCUT2D eigenvalue weighted by molar-refractivity contribution is -0.646. The van der Waals surface area contributed by atoms with Crippen LogP contribution in [0.25, 0.3) is 33.9 Å². The standard InChI is InChI=1S/C30H28F2N3O.BrH/c1-33(2)21-11-7-19(8-12-21)18-26-27(20-9-13-22(36-3)14-10-20)23-6-4-5-17-34-29-25(35(26)30(23)34)16-15-24(31)28(29)32;/h7-16,18H,4-6,17H2,1-3H3;1H/q+1;/p-1. The second-order valence-electron chi connectivity index (χ2n) is 9.59. The molecular weight excluding hydrogens is 536 g/mol. The Balaban J connectivity index is 0.00000280. The summed E-state index contributed by atoms with van der Waals surface area (Å²) < 4.78 is 39.1. The van der Waals surface area contributed by atoms with E-state index in [0.717, 1.165) is 58.4 Å². The predicted octanol–water partition coefficient (Wildman–Crippen LogP) is 2.29. The topological polar surface area (TPSA) is 20.8 Å². The van der Waals surface area contributed by atoms with E-state index in [-0.39, 0.29) is 17.0 Å². The largest absolute Gasteiger partial charge is 1.00 e. The third kappa shape index (κ3) is 4.06. The van der Waals surface area contributed by atoms with Crippen LogP contribution in [0.5, 0.6) is 5.75 Å². The second kappa shape index (κ2) is 9.78. The van der Waals surface area contributed by atoms with E-state index in [0.29, 0.717) is 17.6 Å². The first-order valence-corrected chi connectivity index (χ1v) is 12.3. The molecule has 1 aliphatic rings. The lowest BCUT2D eigenvalue weighted by Gasteiger charge is -2.11. The van der Waals surface area contributed by atoms with Crippen LogP contribution in [0.3, 0.4) is 0 Å². The SMILES string of the molecule is COc1ccc(-c2c3c4n(c2=Cc2ccc(N(C)C)cc2)c2ccc(F)c(F)c2[n+]4CCCC3)cc1.[Br-]. The van der Waals surface area contributed by atoms with Gasteiger partial charge in [0.15, 0.2) is 11.3 Å². The van der Waals surface area contributed by atoms with Crippen molar-refractivity contribution < 1.29 is 35.1 Å². The molecule has 6 rings (SSSR count). The van der Waals surface area contributed by atoms with Gasteiger partial charge in [0, 0.05) is 25.3 Å². The van der Waals surface area contributed by atoms with Crippen molar-refractivity contribution in [3.05, 3.63) is 88.8 Å². The number of imidazole rings is 1. The minimum absolute atomic E-state index is 0. The van der Waals surface area contributed by atoms with Gasteiger partial charge in [-0.2, -0.15) is 8.79 Å². The lowest BCUT2D eigenvalue weighted by Crippen LogP contribution is -3.00. The van der Waals surface area contributed by atoms with Gasteiger partial charge in [-0.15, -0.1) is 0 Å². The predicted molar refractivity (Wildman–Crippen MR) is 139 cm³/mol. The number of anilines is 1. The number of fused-ring (bicyclic) bond motifs is 3. The summed E-state index contributed by atoms with van der Waals surface area (Å²) in [5.74, 6) is -0.799. The van der Waals surface area contributed by atoms with Gasteiger partial charge in [-0.1, -0.05) is 24.3 Å². The number of aromatic nitrogens is 2. The minimum atomic E-state index is -0.814. The summed E-state index contributed by atoms with van der Waals surface area (Å²) >= 11 is 0. The van der Waals surface area contributed by atoms with Gasteiger partial charge < -0.3 is 26.6 Å². The number of rotatable bonds is 4. The smallest absolute Gasteiger partial charge is 0.291 e. The summed E-state index contributed by atoms with van der Waals surface area (Å²) in [6, 6.07) is 19.4. The summed E-state index contributed by atoms with van der Waals surface area (Å²) in [7, 11) is 5.70. The van der Waals surface area contributed by atoms with Gasteiger partial charge in [-0.3, -0.25) is 0 Å². The van der Waals surface area contributed by atoms with Crippen LogP contribution in [0.4, 0.5) is 14.5 Å². The van der Waals surface area contributed by atoms with E-state index in [1.165, 1.54) is 11.6 Å². The molecule has 0 N–H and O–H groups in total. The van der Waals surface area contributed by atoms with E-state index in [1.807, 2.05) is 30.8 Å². The zero-order chi connectivity index (χ0) is 25.0. The highest BCUT2D eigenvalue weighted by Crippen LogP contribution is 2.32. The minimum Gasteiger partial charge on any atom is -1.00 e. The molecule has 0 atom stereocenters. The lowest BCUT2D eigenvalue weighted by atomic mass is 9.99.